The maximum absolute atomic E-state index is 6.25. The van der Waals surface area contributed by atoms with Crippen LogP contribution in [0.25, 0.3) is 11.0 Å². The summed E-state index contributed by atoms with van der Waals surface area (Å²) in [6, 6.07) is 13.0. The van der Waals surface area contributed by atoms with Gasteiger partial charge in [0.05, 0.1) is 10.5 Å². The van der Waals surface area contributed by atoms with Gasteiger partial charge in [0, 0.05) is 15.4 Å². The molecule has 0 bridgehead atoms. The molecule has 0 saturated heterocycles. The predicted octanol–water partition coefficient (Wildman–Crippen LogP) is 5.74. The molecule has 1 aromatic heterocycles. The van der Waals surface area contributed by atoms with E-state index in [1.165, 1.54) is 0 Å². The van der Waals surface area contributed by atoms with E-state index in [2.05, 4.69) is 15.9 Å². The van der Waals surface area contributed by atoms with Gasteiger partial charge in [-0.15, -0.1) is 0 Å². The van der Waals surface area contributed by atoms with Crippen molar-refractivity contribution in [1.82, 2.24) is 0 Å². The molecule has 3 aromatic rings. The van der Waals surface area contributed by atoms with E-state index in [1.54, 1.807) is 12.1 Å². The van der Waals surface area contributed by atoms with Crippen molar-refractivity contribution in [2.45, 2.75) is 12.5 Å². The number of nitrogens with two attached hydrogens (primary N) is 1. The number of benzene rings is 2. The molecule has 0 amide bonds. The van der Waals surface area contributed by atoms with Gasteiger partial charge in [-0.05, 0) is 58.2 Å². The summed E-state index contributed by atoms with van der Waals surface area (Å²) in [7, 11) is 0. The fourth-order valence-corrected chi connectivity index (χ4v) is 3.12. The molecule has 2 N–H and O–H groups in total. The maximum atomic E-state index is 6.25. The Morgan fingerprint density at radius 1 is 1.14 bits per heavy atom. The number of hydrogen-bond donors (Lipinski definition) is 1. The zero-order chi connectivity index (χ0) is 15.0. The van der Waals surface area contributed by atoms with Crippen LogP contribution in [0, 0.1) is 0 Å². The molecule has 5 heteroatoms. The van der Waals surface area contributed by atoms with Crippen molar-refractivity contribution in [3.8, 4) is 0 Å². The standard InChI is InChI=1S/C16H12BrCl2NO/c17-12-3-1-2-9-8-15(21-16(9)12)14(20)7-10-6-11(18)4-5-13(10)19/h1-6,8,14H,7,20H2. The molecule has 21 heavy (non-hydrogen) atoms. The lowest BCUT2D eigenvalue weighted by molar-refractivity contribution is 0.493. The summed E-state index contributed by atoms with van der Waals surface area (Å²) in [5.41, 5.74) is 7.97. The minimum atomic E-state index is -0.278. The van der Waals surface area contributed by atoms with Crippen LogP contribution in [-0.4, -0.2) is 0 Å². The Morgan fingerprint density at radius 3 is 2.71 bits per heavy atom. The normalized spacial score (nSPS) is 12.8. The van der Waals surface area contributed by atoms with E-state index in [9.17, 15) is 0 Å². The van der Waals surface area contributed by atoms with Crippen molar-refractivity contribution in [3.05, 3.63) is 68.3 Å². The summed E-state index contributed by atoms with van der Waals surface area (Å²) in [6.07, 6.45) is 0.566. The van der Waals surface area contributed by atoms with E-state index in [0.717, 1.165) is 26.8 Å². The topological polar surface area (TPSA) is 39.2 Å². The molecule has 0 spiro atoms. The van der Waals surface area contributed by atoms with E-state index in [0.29, 0.717) is 16.5 Å². The molecule has 2 aromatic carbocycles. The average molecular weight is 385 g/mol. The smallest absolute Gasteiger partial charge is 0.148 e. The molecule has 2 nitrogen and oxygen atoms in total. The van der Waals surface area contributed by atoms with Gasteiger partial charge in [-0.1, -0.05) is 35.3 Å². The predicted molar refractivity (Wildman–Crippen MR) is 91.0 cm³/mol. The number of rotatable bonds is 3. The van der Waals surface area contributed by atoms with Crippen LogP contribution < -0.4 is 5.73 Å². The van der Waals surface area contributed by atoms with Gasteiger partial charge < -0.3 is 10.2 Å². The molecule has 0 aliphatic heterocycles. The molecule has 108 valence electrons. The average Bonchev–Trinajstić information content (AvgIpc) is 2.88. The highest BCUT2D eigenvalue weighted by Crippen LogP contribution is 2.31. The van der Waals surface area contributed by atoms with Crippen LogP contribution in [0.4, 0.5) is 0 Å². The largest absolute Gasteiger partial charge is 0.458 e. The second-order valence-corrected chi connectivity index (χ2v) is 6.55. The summed E-state index contributed by atoms with van der Waals surface area (Å²) < 4.78 is 6.77. The third-order valence-electron chi connectivity index (χ3n) is 3.33. The number of halogens is 3. The Morgan fingerprint density at radius 2 is 1.95 bits per heavy atom. The van der Waals surface area contributed by atoms with E-state index < -0.39 is 0 Å². The molecule has 0 aliphatic rings. The minimum absolute atomic E-state index is 0.278. The first kappa shape index (κ1) is 14.9. The lowest BCUT2D eigenvalue weighted by Gasteiger charge is -2.10. The lowest BCUT2D eigenvalue weighted by atomic mass is 10.0. The molecule has 3 rings (SSSR count). The highest BCUT2D eigenvalue weighted by molar-refractivity contribution is 9.10. The Balaban J connectivity index is 1.91. The highest BCUT2D eigenvalue weighted by Gasteiger charge is 2.15. The molecule has 0 radical (unpaired) electrons. The number of hydrogen-bond acceptors (Lipinski definition) is 2. The molecule has 1 heterocycles. The van der Waals surface area contributed by atoms with Crippen molar-refractivity contribution in [3.63, 3.8) is 0 Å². The Labute approximate surface area is 141 Å². The minimum Gasteiger partial charge on any atom is -0.458 e. The third-order valence-corrected chi connectivity index (χ3v) is 4.56. The summed E-state index contributed by atoms with van der Waals surface area (Å²) in [5, 5.41) is 2.33. The third kappa shape index (κ3) is 3.11. The summed E-state index contributed by atoms with van der Waals surface area (Å²) in [5.74, 6) is 0.730. The molecular weight excluding hydrogens is 373 g/mol. The van der Waals surface area contributed by atoms with Crippen molar-refractivity contribution < 1.29 is 4.42 Å². The van der Waals surface area contributed by atoms with Gasteiger partial charge in [0.25, 0.3) is 0 Å². The monoisotopic (exact) mass is 383 g/mol. The van der Waals surface area contributed by atoms with Crippen LogP contribution in [-0.2, 0) is 6.42 Å². The molecule has 1 unspecified atom stereocenters. The Bertz CT molecular complexity index is 800. The molecule has 0 fully saturated rings. The van der Waals surface area contributed by atoms with E-state index in [4.69, 9.17) is 33.4 Å². The van der Waals surface area contributed by atoms with E-state index in [-0.39, 0.29) is 6.04 Å². The van der Waals surface area contributed by atoms with Gasteiger partial charge in [-0.3, -0.25) is 0 Å². The zero-order valence-corrected chi connectivity index (χ0v) is 14.0. The first-order chi connectivity index (χ1) is 10.0. The van der Waals surface area contributed by atoms with Crippen LogP contribution in [0.2, 0.25) is 10.0 Å². The molecular formula is C16H12BrCl2NO. The van der Waals surface area contributed by atoms with Crippen LogP contribution in [0.1, 0.15) is 17.4 Å². The van der Waals surface area contributed by atoms with Gasteiger partial charge in [-0.2, -0.15) is 0 Å². The van der Waals surface area contributed by atoms with Crippen LogP contribution in [0.3, 0.4) is 0 Å². The first-order valence-electron chi connectivity index (χ1n) is 6.42. The van der Waals surface area contributed by atoms with Crippen LogP contribution >= 0.6 is 39.1 Å². The number of fused-ring (bicyclic) bond motifs is 1. The number of furan rings is 1. The molecule has 0 saturated carbocycles. The lowest BCUT2D eigenvalue weighted by Crippen LogP contribution is -2.12. The van der Waals surface area contributed by atoms with E-state index >= 15 is 0 Å². The fourth-order valence-electron chi connectivity index (χ4n) is 2.27. The second-order valence-electron chi connectivity index (χ2n) is 4.85. The fraction of sp³-hybridized carbons (Fsp3) is 0.125. The van der Waals surface area contributed by atoms with E-state index in [1.807, 2.05) is 30.3 Å². The highest BCUT2D eigenvalue weighted by atomic mass is 79.9. The maximum Gasteiger partial charge on any atom is 0.148 e. The molecule has 0 aliphatic carbocycles. The Kier molecular flexibility index (Phi) is 4.27. The SMILES string of the molecule is NC(Cc1cc(Cl)ccc1Cl)c1cc2cccc(Br)c2o1. The van der Waals surface area contributed by atoms with Crippen LogP contribution in [0.5, 0.6) is 0 Å². The van der Waals surface area contributed by atoms with Crippen LogP contribution in [0.15, 0.2) is 51.4 Å². The van der Waals surface area contributed by atoms with Gasteiger partial charge in [0.15, 0.2) is 0 Å². The van der Waals surface area contributed by atoms with Crippen molar-refractivity contribution in [2.75, 3.05) is 0 Å². The second kappa shape index (κ2) is 6.01. The summed E-state index contributed by atoms with van der Waals surface area (Å²) in [4.78, 5) is 0. The molecule has 1 atom stereocenters. The van der Waals surface area contributed by atoms with Gasteiger partial charge in [-0.25, -0.2) is 0 Å². The summed E-state index contributed by atoms with van der Waals surface area (Å²) >= 11 is 15.7. The quantitative estimate of drug-likeness (QED) is 0.624. The van der Waals surface area contributed by atoms with Crippen molar-refractivity contribution in [2.24, 2.45) is 5.73 Å². The van der Waals surface area contributed by atoms with Gasteiger partial charge >= 0.3 is 0 Å². The summed E-state index contributed by atoms with van der Waals surface area (Å²) in [6.45, 7) is 0. The van der Waals surface area contributed by atoms with Crippen molar-refractivity contribution >= 4 is 50.1 Å². The van der Waals surface area contributed by atoms with Crippen molar-refractivity contribution in [1.29, 1.82) is 0 Å². The van der Waals surface area contributed by atoms with Gasteiger partial charge in [0.2, 0.25) is 0 Å². The van der Waals surface area contributed by atoms with Gasteiger partial charge in [0.1, 0.15) is 11.3 Å². The zero-order valence-electron chi connectivity index (χ0n) is 10.9. The Hall–Kier alpha value is -1.00. The first-order valence-corrected chi connectivity index (χ1v) is 7.97. The number of para-hydroxylation sites is 1.